The van der Waals surface area contributed by atoms with Crippen molar-refractivity contribution < 1.29 is 19.2 Å². The summed E-state index contributed by atoms with van der Waals surface area (Å²) in [5.74, 6) is 0.103. The predicted molar refractivity (Wildman–Crippen MR) is 103 cm³/mol. The molecule has 0 aliphatic rings. The van der Waals surface area contributed by atoms with Crippen LogP contribution in [0.15, 0.2) is 66.7 Å². The number of carbonyl (C=O) groups excluding carboxylic acids is 1. The van der Waals surface area contributed by atoms with E-state index < -0.39 is 23.3 Å². The van der Waals surface area contributed by atoms with Crippen LogP contribution in [-0.2, 0) is 4.79 Å². The highest BCUT2D eigenvalue weighted by atomic mass is 16.6. The third kappa shape index (κ3) is 4.82. The number of benzene rings is 2. The maximum atomic E-state index is 12.3. The molecule has 1 heterocycles. The van der Waals surface area contributed by atoms with Crippen LogP contribution in [-0.4, -0.2) is 22.4 Å². The molecule has 8 heteroatoms. The predicted octanol–water partition coefficient (Wildman–Crippen LogP) is 4.11. The maximum Gasteiger partial charge on any atom is 0.406 e. The highest BCUT2D eigenvalue weighted by Crippen LogP contribution is 2.29. The van der Waals surface area contributed by atoms with Gasteiger partial charge in [-0.1, -0.05) is 30.3 Å². The molecule has 0 aliphatic carbocycles. The van der Waals surface area contributed by atoms with Crippen molar-refractivity contribution in [2.24, 2.45) is 0 Å². The summed E-state index contributed by atoms with van der Waals surface area (Å²) in [5.41, 5.74) is 0.937. The number of ether oxygens (including phenoxy) is 2. The zero-order chi connectivity index (χ0) is 19.9. The third-order valence-corrected chi connectivity index (χ3v) is 3.64. The maximum absolute atomic E-state index is 12.3. The smallest absolute Gasteiger partial charge is 0.406 e. The first-order valence-electron chi connectivity index (χ1n) is 8.39. The minimum atomic E-state index is -0.650. The number of hydrogen-bond acceptors (Lipinski definition) is 6. The molecule has 0 aliphatic heterocycles. The zero-order valence-corrected chi connectivity index (χ0v) is 15.0. The zero-order valence-electron chi connectivity index (χ0n) is 15.0. The lowest BCUT2D eigenvalue weighted by Gasteiger charge is -2.12. The van der Waals surface area contributed by atoms with Gasteiger partial charge < -0.3 is 24.9 Å². The molecule has 3 rings (SSSR count). The average Bonchev–Trinajstić information content (AvgIpc) is 2.69. The van der Waals surface area contributed by atoms with Gasteiger partial charge in [-0.25, -0.2) is 0 Å². The summed E-state index contributed by atoms with van der Waals surface area (Å²) in [6.07, 6.45) is 0. The van der Waals surface area contributed by atoms with Gasteiger partial charge in [0.25, 0.3) is 5.91 Å². The summed E-state index contributed by atoms with van der Waals surface area (Å²) in [5, 5.41) is 13.8. The van der Waals surface area contributed by atoms with Crippen LogP contribution in [0.4, 0.5) is 11.5 Å². The first-order valence-corrected chi connectivity index (χ1v) is 8.39. The number of nitrogens with zero attached hydrogens (tertiary/aromatic N) is 2. The fourth-order valence-electron chi connectivity index (χ4n) is 2.38. The molecule has 28 heavy (non-hydrogen) atoms. The molecule has 0 saturated heterocycles. The standard InChI is InChI=1S/C20H17N3O5/c1-14-11-12-18(20(21-14)23(25)26)27-13-19(24)22-16-9-5-6-10-17(16)28-15-7-3-2-4-8-15/h2-12H,13H2,1H3,(H,22,24). The topological polar surface area (TPSA) is 104 Å². The Morgan fingerprint density at radius 1 is 1.04 bits per heavy atom. The van der Waals surface area contributed by atoms with Crippen molar-refractivity contribution in [2.45, 2.75) is 6.92 Å². The molecular formula is C20H17N3O5. The van der Waals surface area contributed by atoms with Crippen LogP contribution in [0.5, 0.6) is 17.2 Å². The van der Waals surface area contributed by atoms with Crippen molar-refractivity contribution in [1.82, 2.24) is 4.98 Å². The van der Waals surface area contributed by atoms with E-state index in [1.54, 1.807) is 49.4 Å². The summed E-state index contributed by atoms with van der Waals surface area (Å²) >= 11 is 0. The van der Waals surface area contributed by atoms with Crippen LogP contribution < -0.4 is 14.8 Å². The number of hydrogen-bond donors (Lipinski definition) is 1. The van der Waals surface area contributed by atoms with E-state index in [0.29, 0.717) is 22.9 Å². The average molecular weight is 379 g/mol. The van der Waals surface area contributed by atoms with Crippen LogP contribution in [0.3, 0.4) is 0 Å². The van der Waals surface area contributed by atoms with Crippen LogP contribution in [0.25, 0.3) is 0 Å². The molecule has 0 bridgehead atoms. The van der Waals surface area contributed by atoms with Crippen LogP contribution in [0.2, 0.25) is 0 Å². The molecule has 0 saturated carbocycles. The number of nitrogens with one attached hydrogen (secondary N) is 1. The monoisotopic (exact) mass is 379 g/mol. The lowest BCUT2D eigenvalue weighted by molar-refractivity contribution is -0.390. The van der Waals surface area contributed by atoms with E-state index in [1.165, 1.54) is 6.07 Å². The Balaban J connectivity index is 1.67. The first kappa shape index (κ1) is 18.8. The number of aromatic nitrogens is 1. The van der Waals surface area contributed by atoms with E-state index in [0.717, 1.165) is 0 Å². The second kappa shape index (κ2) is 8.63. The molecule has 3 aromatic rings. The van der Waals surface area contributed by atoms with Gasteiger partial charge in [0.2, 0.25) is 5.75 Å². The Morgan fingerprint density at radius 3 is 2.50 bits per heavy atom. The molecule has 0 spiro atoms. The molecule has 1 amide bonds. The van der Waals surface area contributed by atoms with Crippen LogP contribution >= 0.6 is 0 Å². The van der Waals surface area contributed by atoms with Gasteiger partial charge in [0, 0.05) is 6.92 Å². The number of rotatable bonds is 7. The van der Waals surface area contributed by atoms with Gasteiger partial charge in [0.05, 0.1) is 5.69 Å². The van der Waals surface area contributed by atoms with Crippen molar-refractivity contribution in [3.63, 3.8) is 0 Å². The van der Waals surface area contributed by atoms with Gasteiger partial charge in [-0.2, -0.15) is 0 Å². The van der Waals surface area contributed by atoms with Crippen molar-refractivity contribution in [3.05, 3.63) is 82.5 Å². The number of anilines is 1. The molecule has 142 valence electrons. The summed E-state index contributed by atoms with van der Waals surface area (Å²) < 4.78 is 11.1. The van der Waals surface area contributed by atoms with E-state index in [9.17, 15) is 14.9 Å². The van der Waals surface area contributed by atoms with E-state index in [4.69, 9.17) is 9.47 Å². The number of nitro groups is 1. The normalized spacial score (nSPS) is 10.2. The Kier molecular flexibility index (Phi) is 5.81. The van der Waals surface area contributed by atoms with E-state index >= 15 is 0 Å². The molecule has 2 aromatic carbocycles. The van der Waals surface area contributed by atoms with Crippen LogP contribution in [0.1, 0.15) is 5.69 Å². The lowest BCUT2D eigenvalue weighted by atomic mass is 10.3. The second-order valence-corrected chi connectivity index (χ2v) is 5.78. The van der Waals surface area contributed by atoms with Gasteiger partial charge >= 0.3 is 5.82 Å². The summed E-state index contributed by atoms with van der Waals surface area (Å²) in [4.78, 5) is 26.5. The Hall–Kier alpha value is -3.94. The highest BCUT2D eigenvalue weighted by molar-refractivity contribution is 5.93. The van der Waals surface area contributed by atoms with Crippen molar-refractivity contribution in [1.29, 1.82) is 0 Å². The van der Waals surface area contributed by atoms with Crippen LogP contribution in [0, 0.1) is 17.0 Å². The van der Waals surface area contributed by atoms with Gasteiger partial charge in [-0.3, -0.25) is 4.79 Å². The van der Waals surface area contributed by atoms with Gasteiger partial charge in [-0.15, -0.1) is 0 Å². The Morgan fingerprint density at radius 2 is 1.75 bits per heavy atom. The molecule has 0 unspecified atom stereocenters. The molecule has 0 atom stereocenters. The SMILES string of the molecule is Cc1ccc(OCC(=O)Nc2ccccc2Oc2ccccc2)c([N+](=O)[O-])n1. The van der Waals surface area contributed by atoms with E-state index in [-0.39, 0.29) is 5.75 Å². The molecular weight excluding hydrogens is 362 g/mol. The van der Waals surface area contributed by atoms with Crippen molar-refractivity contribution >= 4 is 17.4 Å². The molecule has 0 fully saturated rings. The van der Waals surface area contributed by atoms with Gasteiger partial charge in [-0.05, 0) is 46.3 Å². The summed E-state index contributed by atoms with van der Waals surface area (Å²) in [6.45, 7) is 1.22. The number of amides is 1. The number of pyridine rings is 1. The minimum absolute atomic E-state index is 0.0698. The van der Waals surface area contributed by atoms with E-state index in [1.807, 2.05) is 18.2 Å². The molecule has 8 nitrogen and oxygen atoms in total. The summed E-state index contributed by atoms with van der Waals surface area (Å²) in [6, 6.07) is 19.1. The summed E-state index contributed by atoms with van der Waals surface area (Å²) in [7, 11) is 0. The fraction of sp³-hybridized carbons (Fsp3) is 0.100. The molecule has 0 radical (unpaired) electrons. The third-order valence-electron chi connectivity index (χ3n) is 3.64. The highest BCUT2D eigenvalue weighted by Gasteiger charge is 2.19. The van der Waals surface area contributed by atoms with E-state index in [2.05, 4.69) is 10.3 Å². The quantitative estimate of drug-likeness (QED) is 0.489. The second-order valence-electron chi connectivity index (χ2n) is 5.78. The number of aryl methyl sites for hydroxylation is 1. The molecule has 1 aromatic heterocycles. The lowest BCUT2D eigenvalue weighted by Crippen LogP contribution is -2.21. The number of carbonyl (C=O) groups is 1. The van der Waals surface area contributed by atoms with Gasteiger partial charge in [0.1, 0.15) is 11.4 Å². The molecule has 1 N–H and O–H groups in total. The van der Waals surface area contributed by atoms with Crippen molar-refractivity contribution in [2.75, 3.05) is 11.9 Å². The largest absolute Gasteiger partial charge is 0.476 e. The fourth-order valence-corrected chi connectivity index (χ4v) is 2.38. The van der Waals surface area contributed by atoms with Crippen molar-refractivity contribution in [3.8, 4) is 17.2 Å². The van der Waals surface area contributed by atoms with Gasteiger partial charge in [0.15, 0.2) is 12.4 Å². The minimum Gasteiger partial charge on any atom is -0.476 e. The number of para-hydroxylation sites is 3. The first-order chi connectivity index (χ1) is 13.5. The Labute approximate surface area is 160 Å². The Bertz CT molecular complexity index is 992.